The summed E-state index contributed by atoms with van der Waals surface area (Å²) >= 11 is 0. The molecular formula is C13H14FN5O. The third-order valence-electron chi connectivity index (χ3n) is 3.40. The monoisotopic (exact) mass is 275 g/mol. The summed E-state index contributed by atoms with van der Waals surface area (Å²) in [5.74, 6) is 0.521. The Morgan fingerprint density at radius 3 is 3.15 bits per heavy atom. The number of fused-ring (bicyclic) bond motifs is 1. The average Bonchev–Trinajstić information content (AvgIpc) is 3.03. The summed E-state index contributed by atoms with van der Waals surface area (Å²) in [5.41, 5.74) is -0.0313. The van der Waals surface area contributed by atoms with Gasteiger partial charge in [0.05, 0.1) is 12.1 Å². The molecule has 0 N–H and O–H groups in total. The first-order valence-electron chi connectivity index (χ1n) is 6.44. The largest absolute Gasteiger partial charge is 0.334 e. The highest BCUT2D eigenvalue weighted by Crippen LogP contribution is 2.16. The Labute approximate surface area is 115 Å². The molecule has 0 atom stereocenters. The van der Waals surface area contributed by atoms with E-state index in [-0.39, 0.29) is 5.56 Å². The van der Waals surface area contributed by atoms with Crippen LogP contribution in [0.25, 0.3) is 0 Å². The number of aryl methyl sites for hydroxylation is 1. The quantitative estimate of drug-likeness (QED) is 0.785. The Hall–Kier alpha value is -2.31. The first-order chi connectivity index (χ1) is 9.66. The highest BCUT2D eigenvalue weighted by atomic mass is 19.1. The van der Waals surface area contributed by atoms with Crippen LogP contribution in [-0.2, 0) is 19.5 Å². The number of aromatic nitrogens is 4. The molecule has 1 aliphatic heterocycles. The number of hydrogen-bond donors (Lipinski definition) is 0. The molecule has 6 nitrogen and oxygen atoms in total. The normalized spacial score (nSPS) is 13.3. The fourth-order valence-electron chi connectivity index (χ4n) is 2.36. The van der Waals surface area contributed by atoms with E-state index in [2.05, 4.69) is 15.2 Å². The maximum Gasteiger partial charge on any atom is 0.258 e. The Kier molecular flexibility index (Phi) is 3.17. The lowest BCUT2D eigenvalue weighted by atomic mass is 10.2. The van der Waals surface area contributed by atoms with Crippen LogP contribution in [0.3, 0.4) is 0 Å². The van der Waals surface area contributed by atoms with Gasteiger partial charge in [-0.2, -0.15) is 4.39 Å². The minimum atomic E-state index is -0.754. The summed E-state index contributed by atoms with van der Waals surface area (Å²) in [7, 11) is 1.62. The molecule has 2 aromatic rings. The molecule has 0 bridgehead atoms. The number of pyridine rings is 1. The molecule has 0 aliphatic carbocycles. The molecule has 1 aliphatic rings. The minimum absolute atomic E-state index is 0.0313. The first-order valence-corrected chi connectivity index (χ1v) is 6.44. The lowest BCUT2D eigenvalue weighted by Crippen LogP contribution is -2.28. The van der Waals surface area contributed by atoms with Crippen molar-refractivity contribution in [2.75, 3.05) is 7.05 Å². The molecule has 3 rings (SSSR count). The standard InChI is InChI=1S/C13H14FN5O/c1-18(13(20)9-4-2-6-15-12(9)14)8-11-17-16-10-5-3-7-19(10)11/h2,4,6H,3,5,7-8H2,1H3. The smallest absolute Gasteiger partial charge is 0.258 e. The Morgan fingerprint density at radius 2 is 2.35 bits per heavy atom. The van der Waals surface area contributed by atoms with E-state index in [1.54, 1.807) is 13.1 Å². The lowest BCUT2D eigenvalue weighted by molar-refractivity contribution is 0.0774. The van der Waals surface area contributed by atoms with Crippen molar-refractivity contribution in [1.29, 1.82) is 0 Å². The molecule has 0 saturated carbocycles. The number of carbonyl (C=O) groups excluding carboxylic acids is 1. The van der Waals surface area contributed by atoms with Gasteiger partial charge in [-0.1, -0.05) is 0 Å². The molecule has 0 fully saturated rings. The van der Waals surface area contributed by atoms with Crippen LogP contribution in [0.5, 0.6) is 0 Å². The number of carbonyl (C=O) groups is 1. The van der Waals surface area contributed by atoms with E-state index in [1.807, 2.05) is 4.57 Å². The van der Waals surface area contributed by atoms with Gasteiger partial charge in [0, 0.05) is 26.2 Å². The van der Waals surface area contributed by atoms with Crippen molar-refractivity contribution in [1.82, 2.24) is 24.6 Å². The minimum Gasteiger partial charge on any atom is -0.334 e. The molecule has 104 valence electrons. The summed E-state index contributed by atoms with van der Waals surface area (Å²) in [4.78, 5) is 17.1. The third-order valence-corrected chi connectivity index (χ3v) is 3.40. The van der Waals surface area contributed by atoms with Gasteiger partial charge >= 0.3 is 0 Å². The molecular weight excluding hydrogens is 261 g/mol. The van der Waals surface area contributed by atoms with Crippen molar-refractivity contribution in [2.45, 2.75) is 25.9 Å². The zero-order valence-electron chi connectivity index (χ0n) is 11.1. The van der Waals surface area contributed by atoms with E-state index in [9.17, 15) is 9.18 Å². The number of halogens is 1. The van der Waals surface area contributed by atoms with Crippen LogP contribution in [0.1, 0.15) is 28.4 Å². The van der Waals surface area contributed by atoms with Gasteiger partial charge in [0.2, 0.25) is 5.95 Å². The molecule has 3 heterocycles. The van der Waals surface area contributed by atoms with Crippen molar-refractivity contribution in [2.24, 2.45) is 0 Å². The van der Waals surface area contributed by atoms with Crippen molar-refractivity contribution < 1.29 is 9.18 Å². The Morgan fingerprint density at radius 1 is 1.50 bits per heavy atom. The van der Waals surface area contributed by atoms with E-state index in [0.717, 1.165) is 31.0 Å². The second kappa shape index (κ2) is 4.99. The highest BCUT2D eigenvalue weighted by molar-refractivity contribution is 5.93. The van der Waals surface area contributed by atoms with Gasteiger partial charge in [-0.3, -0.25) is 4.79 Å². The zero-order valence-corrected chi connectivity index (χ0v) is 11.1. The summed E-state index contributed by atoms with van der Waals surface area (Å²) < 4.78 is 15.5. The van der Waals surface area contributed by atoms with E-state index in [1.165, 1.54) is 17.2 Å². The van der Waals surface area contributed by atoms with Crippen LogP contribution < -0.4 is 0 Å². The number of rotatable bonds is 3. The molecule has 0 spiro atoms. The van der Waals surface area contributed by atoms with E-state index >= 15 is 0 Å². The summed E-state index contributed by atoms with van der Waals surface area (Å²) in [6, 6.07) is 2.97. The second-order valence-electron chi connectivity index (χ2n) is 4.79. The number of amides is 1. The van der Waals surface area contributed by atoms with Gasteiger partial charge < -0.3 is 9.47 Å². The Balaban J connectivity index is 1.78. The van der Waals surface area contributed by atoms with Crippen molar-refractivity contribution >= 4 is 5.91 Å². The molecule has 20 heavy (non-hydrogen) atoms. The SMILES string of the molecule is CN(Cc1nnc2n1CCC2)C(=O)c1cccnc1F. The van der Waals surface area contributed by atoms with Crippen molar-refractivity contribution in [3.05, 3.63) is 41.5 Å². The summed E-state index contributed by atoms with van der Waals surface area (Å²) in [6.45, 7) is 1.18. The van der Waals surface area contributed by atoms with E-state index < -0.39 is 11.9 Å². The number of hydrogen-bond acceptors (Lipinski definition) is 4. The van der Waals surface area contributed by atoms with E-state index in [4.69, 9.17) is 0 Å². The van der Waals surface area contributed by atoms with E-state index in [0.29, 0.717) is 6.54 Å². The molecule has 1 amide bonds. The van der Waals surface area contributed by atoms with Crippen LogP contribution >= 0.6 is 0 Å². The molecule has 7 heteroatoms. The predicted molar refractivity (Wildman–Crippen MR) is 68.3 cm³/mol. The third kappa shape index (κ3) is 2.15. The van der Waals surface area contributed by atoms with Gasteiger partial charge in [-0.25, -0.2) is 4.98 Å². The zero-order chi connectivity index (χ0) is 14.1. The van der Waals surface area contributed by atoms with Crippen LogP contribution in [-0.4, -0.2) is 37.6 Å². The van der Waals surface area contributed by atoms with Gasteiger partial charge in [-0.15, -0.1) is 10.2 Å². The first kappa shape index (κ1) is 12.7. The summed E-state index contributed by atoms with van der Waals surface area (Å²) in [6.07, 6.45) is 3.28. The summed E-state index contributed by atoms with van der Waals surface area (Å²) in [5, 5.41) is 8.17. The molecule has 2 aromatic heterocycles. The van der Waals surface area contributed by atoms with Gasteiger partial charge in [0.15, 0.2) is 5.82 Å². The van der Waals surface area contributed by atoms with Crippen molar-refractivity contribution in [3.63, 3.8) is 0 Å². The second-order valence-corrected chi connectivity index (χ2v) is 4.79. The fraction of sp³-hybridized carbons (Fsp3) is 0.385. The van der Waals surface area contributed by atoms with Crippen LogP contribution in [0.15, 0.2) is 18.3 Å². The fourth-order valence-corrected chi connectivity index (χ4v) is 2.36. The highest BCUT2D eigenvalue weighted by Gasteiger charge is 2.22. The maximum absolute atomic E-state index is 13.5. The molecule has 0 saturated heterocycles. The molecule has 0 radical (unpaired) electrons. The van der Waals surface area contributed by atoms with Gasteiger partial charge in [0.25, 0.3) is 5.91 Å². The van der Waals surface area contributed by atoms with Crippen molar-refractivity contribution in [3.8, 4) is 0 Å². The predicted octanol–water partition coefficient (Wildman–Crippen LogP) is 1.03. The van der Waals surface area contributed by atoms with Gasteiger partial charge in [-0.05, 0) is 18.6 Å². The average molecular weight is 275 g/mol. The van der Waals surface area contributed by atoms with Crippen LogP contribution in [0, 0.1) is 5.95 Å². The Bertz CT molecular complexity index is 654. The topological polar surface area (TPSA) is 63.9 Å². The van der Waals surface area contributed by atoms with Crippen LogP contribution in [0.2, 0.25) is 0 Å². The van der Waals surface area contributed by atoms with Gasteiger partial charge in [0.1, 0.15) is 5.82 Å². The molecule has 0 aromatic carbocycles. The van der Waals surface area contributed by atoms with Crippen LogP contribution in [0.4, 0.5) is 4.39 Å². The molecule has 0 unspecified atom stereocenters. The maximum atomic E-state index is 13.5. The lowest BCUT2D eigenvalue weighted by Gasteiger charge is -2.16. The number of nitrogens with zero attached hydrogens (tertiary/aromatic N) is 5.